The predicted octanol–water partition coefficient (Wildman–Crippen LogP) is 3.55. The predicted molar refractivity (Wildman–Crippen MR) is 115 cm³/mol. The first-order valence-corrected chi connectivity index (χ1v) is 10.7. The van der Waals surface area contributed by atoms with E-state index in [9.17, 15) is 9.59 Å². The fourth-order valence-electron chi connectivity index (χ4n) is 3.50. The normalized spacial score (nSPS) is 11.5. The summed E-state index contributed by atoms with van der Waals surface area (Å²) >= 11 is 1.34. The van der Waals surface area contributed by atoms with Gasteiger partial charge >= 0.3 is 0 Å². The summed E-state index contributed by atoms with van der Waals surface area (Å²) in [6.07, 6.45) is 4.89. The van der Waals surface area contributed by atoms with Gasteiger partial charge in [0, 0.05) is 19.8 Å². The van der Waals surface area contributed by atoms with Gasteiger partial charge < -0.3 is 4.57 Å². The molecule has 3 aromatic heterocycles. The summed E-state index contributed by atoms with van der Waals surface area (Å²) in [5.74, 6) is 0.806. The molecule has 0 aliphatic heterocycles. The number of carbonyl (C=O) groups excluding carboxylic acids is 1. The summed E-state index contributed by atoms with van der Waals surface area (Å²) in [5.41, 5.74) is 1.37. The minimum atomic E-state index is -0.0481. The van der Waals surface area contributed by atoms with E-state index < -0.39 is 0 Å². The number of hydrogen-bond donors (Lipinski definition) is 0. The van der Waals surface area contributed by atoms with E-state index >= 15 is 0 Å². The second-order valence-corrected chi connectivity index (χ2v) is 7.96. The van der Waals surface area contributed by atoms with E-state index in [1.165, 1.54) is 11.8 Å². The van der Waals surface area contributed by atoms with Crippen molar-refractivity contribution in [1.82, 2.24) is 23.7 Å². The lowest BCUT2D eigenvalue weighted by molar-refractivity contribution is 0.101. The van der Waals surface area contributed by atoms with Crippen molar-refractivity contribution in [3.05, 3.63) is 58.6 Å². The van der Waals surface area contributed by atoms with Crippen LogP contribution in [0.5, 0.6) is 0 Å². The minimum absolute atomic E-state index is 0.0276. The summed E-state index contributed by atoms with van der Waals surface area (Å²) in [6, 6.07) is 11.1. The highest BCUT2D eigenvalue weighted by molar-refractivity contribution is 7.99. The van der Waals surface area contributed by atoms with E-state index in [0.717, 1.165) is 24.8 Å². The molecule has 0 spiro atoms. The fraction of sp³-hybridized carbons (Fsp3) is 0.333. The highest BCUT2D eigenvalue weighted by atomic mass is 32.2. The van der Waals surface area contributed by atoms with Gasteiger partial charge in [0.1, 0.15) is 0 Å². The van der Waals surface area contributed by atoms with Gasteiger partial charge in [0.25, 0.3) is 5.56 Å². The van der Waals surface area contributed by atoms with Crippen LogP contribution in [0.2, 0.25) is 0 Å². The Morgan fingerprint density at radius 3 is 2.69 bits per heavy atom. The largest absolute Gasteiger partial charge is 0.348 e. The molecule has 0 saturated carbocycles. The third-order valence-electron chi connectivity index (χ3n) is 5.03. The molecule has 0 fully saturated rings. The Bertz CT molecular complexity index is 1240. The van der Waals surface area contributed by atoms with Crippen LogP contribution >= 0.6 is 11.8 Å². The van der Waals surface area contributed by atoms with Gasteiger partial charge in [-0.1, -0.05) is 43.7 Å². The summed E-state index contributed by atoms with van der Waals surface area (Å²) in [7, 11) is 1.85. The second kappa shape index (κ2) is 8.24. The van der Waals surface area contributed by atoms with Gasteiger partial charge in [-0.05, 0) is 30.7 Å². The SMILES string of the molecule is CCCCCn1c(=O)c2ccccc2n2c(SCC(=O)c3cccn3C)nnc12. The molecule has 4 aromatic rings. The van der Waals surface area contributed by atoms with E-state index in [2.05, 4.69) is 17.1 Å². The highest BCUT2D eigenvalue weighted by Gasteiger charge is 2.18. The van der Waals surface area contributed by atoms with Crippen LogP contribution in [0.15, 0.2) is 52.5 Å². The molecule has 150 valence electrons. The lowest BCUT2D eigenvalue weighted by Gasteiger charge is -2.11. The van der Waals surface area contributed by atoms with Gasteiger partial charge in [-0.2, -0.15) is 0 Å². The zero-order valence-corrected chi connectivity index (χ0v) is 17.4. The van der Waals surface area contributed by atoms with Crippen LogP contribution in [0.1, 0.15) is 36.7 Å². The van der Waals surface area contributed by atoms with Crippen LogP contribution < -0.4 is 5.56 Å². The molecule has 29 heavy (non-hydrogen) atoms. The number of para-hydroxylation sites is 1. The standard InChI is InChI=1S/C21H23N5O2S/c1-3-4-7-13-25-19(28)15-9-5-6-10-16(15)26-20(25)22-23-21(26)29-14-18(27)17-11-8-12-24(17)2/h5-6,8-12H,3-4,7,13-14H2,1-2H3. The number of aryl methyl sites for hydroxylation is 2. The molecule has 0 aliphatic rings. The van der Waals surface area contributed by atoms with E-state index in [4.69, 9.17) is 0 Å². The van der Waals surface area contributed by atoms with Crippen molar-refractivity contribution in [3.63, 3.8) is 0 Å². The number of nitrogens with zero attached hydrogens (tertiary/aromatic N) is 5. The summed E-state index contributed by atoms with van der Waals surface area (Å²) < 4.78 is 5.41. The molecule has 0 N–H and O–H groups in total. The Labute approximate surface area is 172 Å². The van der Waals surface area contributed by atoms with Crippen LogP contribution in [0.25, 0.3) is 16.7 Å². The fourth-order valence-corrected chi connectivity index (χ4v) is 4.32. The number of unbranched alkanes of at least 4 members (excludes halogenated alkanes) is 2. The first-order chi connectivity index (χ1) is 14.1. The monoisotopic (exact) mass is 409 g/mol. The molecular formula is C21H23N5O2S. The van der Waals surface area contributed by atoms with Gasteiger partial charge in [0.15, 0.2) is 10.9 Å². The number of thioether (sulfide) groups is 1. The molecule has 0 saturated heterocycles. The third-order valence-corrected chi connectivity index (χ3v) is 5.95. The molecule has 0 unspecified atom stereocenters. The van der Waals surface area contributed by atoms with Crippen LogP contribution in [-0.2, 0) is 13.6 Å². The Morgan fingerprint density at radius 2 is 1.93 bits per heavy atom. The van der Waals surface area contributed by atoms with Crippen LogP contribution in [0.3, 0.4) is 0 Å². The summed E-state index contributed by atoms with van der Waals surface area (Å²) in [4.78, 5) is 25.6. The summed E-state index contributed by atoms with van der Waals surface area (Å²) in [5, 5.41) is 9.86. The number of ketones is 1. The first-order valence-electron chi connectivity index (χ1n) is 9.75. The van der Waals surface area contributed by atoms with Gasteiger partial charge in [-0.3, -0.25) is 18.6 Å². The molecule has 0 atom stereocenters. The van der Waals surface area contributed by atoms with Crippen molar-refractivity contribution in [2.75, 3.05) is 5.75 Å². The Hall–Kier alpha value is -2.87. The Morgan fingerprint density at radius 1 is 1.10 bits per heavy atom. The molecule has 0 radical (unpaired) electrons. The van der Waals surface area contributed by atoms with E-state index in [0.29, 0.717) is 28.6 Å². The van der Waals surface area contributed by atoms with Crippen LogP contribution in [0.4, 0.5) is 0 Å². The molecule has 8 heteroatoms. The maximum absolute atomic E-state index is 13.0. The van der Waals surface area contributed by atoms with Crippen LogP contribution in [0, 0.1) is 0 Å². The van der Waals surface area contributed by atoms with E-state index in [-0.39, 0.29) is 17.1 Å². The lowest BCUT2D eigenvalue weighted by Crippen LogP contribution is -2.23. The molecule has 0 bridgehead atoms. The second-order valence-electron chi connectivity index (χ2n) is 7.02. The molecular weight excluding hydrogens is 386 g/mol. The molecule has 4 rings (SSSR count). The van der Waals surface area contributed by atoms with Gasteiger partial charge in [0.05, 0.1) is 22.3 Å². The average molecular weight is 410 g/mol. The van der Waals surface area contributed by atoms with Crippen molar-refractivity contribution < 1.29 is 4.79 Å². The Kier molecular flexibility index (Phi) is 5.53. The molecule has 3 heterocycles. The molecule has 0 aliphatic carbocycles. The van der Waals surface area contributed by atoms with Crippen molar-refractivity contribution in [2.24, 2.45) is 7.05 Å². The maximum atomic E-state index is 13.0. The van der Waals surface area contributed by atoms with Gasteiger partial charge in [-0.15, -0.1) is 10.2 Å². The van der Waals surface area contributed by atoms with Gasteiger partial charge in [-0.25, -0.2) is 0 Å². The number of hydrogen-bond acceptors (Lipinski definition) is 5. The quantitative estimate of drug-likeness (QED) is 0.253. The van der Waals surface area contributed by atoms with Gasteiger partial charge in [0.2, 0.25) is 5.78 Å². The minimum Gasteiger partial charge on any atom is -0.348 e. The topological polar surface area (TPSA) is 74.2 Å². The Balaban J connectivity index is 1.75. The zero-order valence-electron chi connectivity index (χ0n) is 16.5. The molecule has 1 aromatic carbocycles. The average Bonchev–Trinajstić information content (AvgIpc) is 3.35. The smallest absolute Gasteiger partial charge is 0.262 e. The number of aromatic nitrogens is 5. The van der Waals surface area contributed by atoms with Crippen molar-refractivity contribution in [3.8, 4) is 0 Å². The first kappa shape index (κ1) is 19.4. The number of Topliss-reactive ketones (excluding diaryl/α,β-unsaturated/α-hetero) is 1. The third kappa shape index (κ3) is 3.60. The number of carbonyl (C=O) groups is 1. The van der Waals surface area contributed by atoms with Crippen molar-refractivity contribution >= 4 is 34.2 Å². The highest BCUT2D eigenvalue weighted by Crippen LogP contribution is 2.22. The maximum Gasteiger partial charge on any atom is 0.262 e. The number of benzene rings is 1. The summed E-state index contributed by atoms with van der Waals surface area (Å²) in [6.45, 7) is 2.74. The van der Waals surface area contributed by atoms with Crippen LogP contribution in [-0.4, -0.2) is 35.3 Å². The zero-order chi connectivity index (χ0) is 20.4. The van der Waals surface area contributed by atoms with E-state index in [1.54, 1.807) is 4.57 Å². The molecule has 7 nitrogen and oxygen atoms in total. The van der Waals surface area contributed by atoms with E-state index in [1.807, 2.05) is 58.6 Å². The van der Waals surface area contributed by atoms with Crippen molar-refractivity contribution in [1.29, 1.82) is 0 Å². The number of rotatable bonds is 8. The molecule has 0 amide bonds. The lowest BCUT2D eigenvalue weighted by atomic mass is 10.2. The van der Waals surface area contributed by atoms with Crippen molar-refractivity contribution in [2.45, 2.75) is 37.9 Å². The number of fused-ring (bicyclic) bond motifs is 3.